The van der Waals surface area contributed by atoms with Gasteiger partial charge < -0.3 is 25.2 Å². The number of anilines is 1. The summed E-state index contributed by atoms with van der Waals surface area (Å²) in [5, 5.41) is 15.6. The van der Waals surface area contributed by atoms with E-state index in [4.69, 9.17) is 9.47 Å². The van der Waals surface area contributed by atoms with Gasteiger partial charge in [-0.25, -0.2) is 4.79 Å². The molecule has 186 valence electrons. The van der Waals surface area contributed by atoms with Gasteiger partial charge in [0.2, 0.25) is 5.91 Å². The number of carbonyl (C=O) groups is 2. The fraction of sp³-hybridized carbons (Fsp3) is 0.481. The average Bonchev–Trinajstić information content (AvgIpc) is 2.73. The number of benzene rings is 2. The molecule has 0 aromatic heterocycles. The van der Waals surface area contributed by atoms with E-state index in [-0.39, 0.29) is 23.8 Å². The number of ether oxygens (including phenoxy) is 2. The smallest absolute Gasteiger partial charge is 0.347 e. The van der Waals surface area contributed by atoms with Crippen molar-refractivity contribution >= 4 is 17.6 Å². The Labute approximate surface area is 202 Å². The summed E-state index contributed by atoms with van der Waals surface area (Å²) in [5.41, 5.74) is 2.81. The van der Waals surface area contributed by atoms with Crippen LogP contribution in [-0.4, -0.2) is 42.3 Å². The molecule has 0 saturated heterocycles. The van der Waals surface area contributed by atoms with Crippen molar-refractivity contribution in [2.75, 3.05) is 19.0 Å². The van der Waals surface area contributed by atoms with Crippen molar-refractivity contribution < 1.29 is 24.2 Å². The number of hydrogen-bond donors (Lipinski definition) is 3. The molecule has 34 heavy (non-hydrogen) atoms. The Kier molecular flexibility index (Phi) is 9.24. The average molecular weight is 471 g/mol. The monoisotopic (exact) mass is 470 g/mol. The molecule has 1 atom stereocenters. The van der Waals surface area contributed by atoms with Crippen molar-refractivity contribution in [1.82, 2.24) is 5.32 Å². The first-order valence-corrected chi connectivity index (χ1v) is 11.5. The van der Waals surface area contributed by atoms with Crippen LogP contribution < -0.4 is 15.4 Å². The van der Waals surface area contributed by atoms with Gasteiger partial charge in [-0.2, -0.15) is 0 Å². The van der Waals surface area contributed by atoms with E-state index in [1.807, 2.05) is 25.1 Å². The third-order valence-electron chi connectivity index (χ3n) is 5.57. The van der Waals surface area contributed by atoms with Crippen LogP contribution in [0.4, 0.5) is 5.69 Å². The Bertz CT molecular complexity index is 978. The molecule has 0 bridgehead atoms. The number of aryl methyl sites for hydroxylation is 1. The van der Waals surface area contributed by atoms with Crippen LogP contribution in [0.25, 0.3) is 0 Å². The van der Waals surface area contributed by atoms with Gasteiger partial charge in [0, 0.05) is 31.8 Å². The molecule has 0 radical (unpaired) electrons. The second-order valence-corrected chi connectivity index (χ2v) is 10.1. The van der Waals surface area contributed by atoms with Gasteiger partial charge in [-0.1, -0.05) is 45.0 Å². The van der Waals surface area contributed by atoms with E-state index < -0.39 is 11.6 Å². The molecular weight excluding hydrogens is 432 g/mol. The molecule has 2 rings (SSSR count). The maximum absolute atomic E-state index is 12.7. The van der Waals surface area contributed by atoms with E-state index >= 15 is 0 Å². The Morgan fingerprint density at radius 2 is 1.68 bits per heavy atom. The lowest BCUT2D eigenvalue weighted by molar-refractivity contribution is -0.152. The predicted molar refractivity (Wildman–Crippen MR) is 134 cm³/mol. The summed E-state index contributed by atoms with van der Waals surface area (Å²) < 4.78 is 10.8. The standard InChI is InChI=1S/C27H38N2O5/c1-18-14-20(26(2,3)4)10-13-23(18)29-24(30)15-21(17-33-7)28-16-19-8-11-22(12-9-19)34-27(5,6)25(31)32/h8-14,21,28H,15-17H2,1-7H3,(H,29,30)(H,31,32). The van der Waals surface area contributed by atoms with Crippen LogP contribution >= 0.6 is 0 Å². The minimum absolute atomic E-state index is 0.0531. The predicted octanol–water partition coefficient (Wildman–Crippen LogP) is 4.67. The van der Waals surface area contributed by atoms with E-state index in [2.05, 4.69) is 43.5 Å². The zero-order valence-electron chi connectivity index (χ0n) is 21.3. The highest BCUT2D eigenvalue weighted by molar-refractivity contribution is 5.92. The zero-order chi connectivity index (χ0) is 25.5. The fourth-order valence-corrected chi connectivity index (χ4v) is 3.36. The lowest BCUT2D eigenvalue weighted by Crippen LogP contribution is -2.37. The molecule has 0 fully saturated rings. The second-order valence-electron chi connectivity index (χ2n) is 10.1. The first kappa shape index (κ1) is 27.3. The number of methoxy groups -OCH3 is 1. The third-order valence-corrected chi connectivity index (χ3v) is 5.57. The molecule has 7 nitrogen and oxygen atoms in total. The maximum Gasteiger partial charge on any atom is 0.347 e. The number of aliphatic carboxylic acids is 1. The molecule has 0 aliphatic carbocycles. The molecule has 2 aromatic carbocycles. The molecule has 3 N–H and O–H groups in total. The van der Waals surface area contributed by atoms with E-state index in [0.717, 1.165) is 16.8 Å². The normalized spacial score (nSPS) is 12.8. The highest BCUT2D eigenvalue weighted by atomic mass is 16.5. The second kappa shape index (κ2) is 11.5. The Morgan fingerprint density at radius 3 is 2.21 bits per heavy atom. The van der Waals surface area contributed by atoms with Gasteiger partial charge in [-0.3, -0.25) is 4.79 Å². The molecule has 1 unspecified atom stereocenters. The summed E-state index contributed by atoms with van der Waals surface area (Å²) in [7, 11) is 1.61. The minimum Gasteiger partial charge on any atom is -0.478 e. The van der Waals surface area contributed by atoms with Gasteiger partial charge in [0.05, 0.1) is 6.61 Å². The van der Waals surface area contributed by atoms with Gasteiger partial charge in [0.1, 0.15) is 5.75 Å². The molecule has 0 spiro atoms. The van der Waals surface area contributed by atoms with Crippen LogP contribution in [0.3, 0.4) is 0 Å². The minimum atomic E-state index is -1.30. The third kappa shape index (κ3) is 8.15. The molecule has 0 saturated carbocycles. The van der Waals surface area contributed by atoms with Gasteiger partial charge in [0.25, 0.3) is 0 Å². The van der Waals surface area contributed by atoms with Crippen molar-refractivity contribution in [3.8, 4) is 5.75 Å². The van der Waals surface area contributed by atoms with Crippen molar-refractivity contribution in [3.63, 3.8) is 0 Å². The van der Waals surface area contributed by atoms with Crippen molar-refractivity contribution in [2.45, 2.75) is 71.6 Å². The Hall–Kier alpha value is -2.90. The van der Waals surface area contributed by atoms with E-state index in [1.54, 1.807) is 19.2 Å². The number of carbonyl (C=O) groups excluding carboxylic acids is 1. The quantitative estimate of drug-likeness (QED) is 0.442. The SMILES string of the molecule is COCC(CC(=O)Nc1ccc(C(C)(C)C)cc1C)NCc1ccc(OC(C)(C)C(=O)O)cc1. The topological polar surface area (TPSA) is 96.9 Å². The van der Waals surface area contributed by atoms with Crippen LogP contribution in [0.5, 0.6) is 5.75 Å². The Morgan fingerprint density at radius 1 is 1.03 bits per heavy atom. The number of hydrogen-bond acceptors (Lipinski definition) is 5. The number of carboxylic acids is 1. The van der Waals surface area contributed by atoms with Crippen LogP contribution in [0.1, 0.15) is 57.7 Å². The molecule has 2 aromatic rings. The highest BCUT2D eigenvalue weighted by Gasteiger charge is 2.29. The van der Waals surface area contributed by atoms with Gasteiger partial charge in [0.15, 0.2) is 5.60 Å². The summed E-state index contributed by atoms with van der Waals surface area (Å²) in [6.07, 6.45) is 0.266. The Balaban J connectivity index is 1.94. The van der Waals surface area contributed by atoms with Crippen molar-refractivity contribution in [2.24, 2.45) is 0 Å². The van der Waals surface area contributed by atoms with Gasteiger partial charge in [-0.15, -0.1) is 0 Å². The van der Waals surface area contributed by atoms with Crippen molar-refractivity contribution in [1.29, 1.82) is 0 Å². The lowest BCUT2D eigenvalue weighted by atomic mass is 9.86. The van der Waals surface area contributed by atoms with Gasteiger partial charge >= 0.3 is 5.97 Å². The highest BCUT2D eigenvalue weighted by Crippen LogP contribution is 2.26. The van der Waals surface area contributed by atoms with Crippen LogP contribution in [0, 0.1) is 6.92 Å². The molecular formula is C27H38N2O5. The maximum atomic E-state index is 12.7. The summed E-state index contributed by atoms with van der Waals surface area (Å²) >= 11 is 0. The molecule has 0 aliphatic rings. The lowest BCUT2D eigenvalue weighted by Gasteiger charge is -2.22. The number of amides is 1. The molecule has 1 amide bonds. The molecule has 7 heteroatoms. The summed E-state index contributed by atoms with van der Waals surface area (Å²) in [4.78, 5) is 23.9. The van der Waals surface area contributed by atoms with Crippen LogP contribution in [-0.2, 0) is 26.3 Å². The van der Waals surface area contributed by atoms with E-state index in [1.165, 1.54) is 19.4 Å². The van der Waals surface area contributed by atoms with Crippen molar-refractivity contribution in [3.05, 3.63) is 59.2 Å². The van der Waals surface area contributed by atoms with Crippen LogP contribution in [0.15, 0.2) is 42.5 Å². The fourth-order valence-electron chi connectivity index (χ4n) is 3.36. The molecule has 0 heterocycles. The van der Waals surface area contributed by atoms with Gasteiger partial charge in [-0.05, 0) is 61.1 Å². The van der Waals surface area contributed by atoms with Crippen LogP contribution in [0.2, 0.25) is 0 Å². The summed E-state index contributed by atoms with van der Waals surface area (Å²) in [6, 6.07) is 13.2. The van der Waals surface area contributed by atoms with E-state index in [0.29, 0.717) is 18.9 Å². The summed E-state index contributed by atoms with van der Waals surface area (Å²) in [6.45, 7) is 12.4. The number of carboxylic acid groups (broad SMARTS) is 1. The first-order chi connectivity index (χ1) is 15.8. The largest absolute Gasteiger partial charge is 0.478 e. The van der Waals surface area contributed by atoms with E-state index in [9.17, 15) is 14.7 Å². The summed E-state index contributed by atoms with van der Waals surface area (Å²) in [5.74, 6) is -0.628. The number of nitrogens with one attached hydrogen (secondary N) is 2. The number of rotatable bonds is 11. The molecule has 0 aliphatic heterocycles. The zero-order valence-corrected chi connectivity index (χ0v) is 21.3. The first-order valence-electron chi connectivity index (χ1n) is 11.5.